The fraction of sp³-hybridized carbons (Fsp3) is 0.300. The number of aromatic nitrogens is 2. The minimum absolute atomic E-state index is 0.0503. The Morgan fingerprint density at radius 3 is 2.73 bits per heavy atom. The number of carbonyl (C=O) groups is 1. The molecule has 0 aliphatic carbocycles. The maximum atomic E-state index is 10.6. The van der Waals surface area contributed by atoms with E-state index in [1.54, 1.807) is 12.4 Å². The van der Waals surface area contributed by atoms with Crippen LogP contribution in [0.2, 0.25) is 0 Å². The fourth-order valence-electron chi connectivity index (χ4n) is 0.915. The summed E-state index contributed by atoms with van der Waals surface area (Å²) in [5.74, 6) is -0.0503. The highest BCUT2D eigenvalue weighted by molar-refractivity contribution is 5.73. The van der Waals surface area contributed by atoms with Gasteiger partial charge in [-0.05, 0) is 0 Å². The third-order valence-corrected chi connectivity index (χ3v) is 1.61. The van der Waals surface area contributed by atoms with Crippen LogP contribution >= 0.6 is 0 Å². The van der Waals surface area contributed by atoms with Gasteiger partial charge in [-0.1, -0.05) is 12.2 Å². The maximum Gasteiger partial charge on any atom is 0.316 e. The number of amides is 1. The van der Waals surface area contributed by atoms with Crippen molar-refractivity contribution in [2.45, 2.75) is 6.92 Å². The van der Waals surface area contributed by atoms with Gasteiger partial charge in [0, 0.05) is 31.4 Å². The Bertz CT molecular complexity index is 346. The predicted octanol–water partition coefficient (Wildman–Crippen LogP) is 0.634. The number of nitrogens with one attached hydrogen (secondary N) is 1. The molecule has 0 saturated carbocycles. The molecule has 5 heteroatoms. The van der Waals surface area contributed by atoms with Crippen LogP contribution in [0.15, 0.2) is 18.5 Å². The molecule has 0 spiro atoms. The van der Waals surface area contributed by atoms with Gasteiger partial charge in [-0.15, -0.1) is 0 Å². The molecule has 0 atom stereocenters. The Labute approximate surface area is 88.2 Å². The first kappa shape index (κ1) is 11.2. The Balaban J connectivity index is 2.46. The van der Waals surface area contributed by atoms with Gasteiger partial charge >= 0.3 is 6.01 Å². The van der Waals surface area contributed by atoms with Crippen molar-refractivity contribution < 1.29 is 9.53 Å². The molecule has 0 aliphatic heterocycles. The van der Waals surface area contributed by atoms with Gasteiger partial charge in [0.2, 0.25) is 5.91 Å². The molecule has 0 aromatic carbocycles. The molecule has 1 amide bonds. The Morgan fingerprint density at radius 2 is 2.20 bits per heavy atom. The van der Waals surface area contributed by atoms with E-state index < -0.39 is 0 Å². The fourth-order valence-corrected chi connectivity index (χ4v) is 0.915. The highest BCUT2D eigenvalue weighted by Crippen LogP contribution is 2.02. The van der Waals surface area contributed by atoms with E-state index in [2.05, 4.69) is 15.3 Å². The monoisotopic (exact) mass is 207 g/mol. The minimum Gasteiger partial charge on any atom is -0.467 e. The quantitative estimate of drug-likeness (QED) is 0.786. The van der Waals surface area contributed by atoms with Crippen molar-refractivity contribution in [3.63, 3.8) is 0 Å². The summed E-state index contributed by atoms with van der Waals surface area (Å²) in [5.41, 5.74) is 0.862. The van der Waals surface area contributed by atoms with Crippen LogP contribution in [-0.2, 0) is 4.79 Å². The first-order valence-corrected chi connectivity index (χ1v) is 4.49. The first-order valence-electron chi connectivity index (χ1n) is 4.49. The molecule has 0 radical (unpaired) electrons. The molecule has 0 fully saturated rings. The van der Waals surface area contributed by atoms with Crippen molar-refractivity contribution in [2.75, 3.05) is 13.7 Å². The lowest BCUT2D eigenvalue weighted by Gasteiger charge is -1.97. The van der Waals surface area contributed by atoms with Crippen LogP contribution in [0, 0.1) is 0 Å². The molecule has 0 unspecified atom stereocenters. The number of carbonyl (C=O) groups excluding carboxylic acids is 1. The number of hydrogen-bond donors (Lipinski definition) is 1. The zero-order chi connectivity index (χ0) is 11.1. The molecule has 0 aliphatic rings. The Kier molecular flexibility index (Phi) is 4.28. The lowest BCUT2D eigenvalue weighted by Crippen LogP contribution is -2.19. The molecule has 1 aromatic rings. The molecule has 0 bridgehead atoms. The van der Waals surface area contributed by atoms with Crippen LogP contribution in [0.5, 0.6) is 6.01 Å². The van der Waals surface area contributed by atoms with Gasteiger partial charge in [0.25, 0.3) is 0 Å². The summed E-state index contributed by atoms with van der Waals surface area (Å²) in [5, 5.41) is 2.65. The van der Waals surface area contributed by atoms with Crippen molar-refractivity contribution in [3.8, 4) is 6.01 Å². The largest absolute Gasteiger partial charge is 0.467 e. The molecule has 1 heterocycles. The Hall–Kier alpha value is -1.91. The van der Waals surface area contributed by atoms with Gasteiger partial charge in [-0.2, -0.15) is 0 Å². The van der Waals surface area contributed by atoms with Crippen LogP contribution in [0.3, 0.4) is 0 Å². The van der Waals surface area contributed by atoms with E-state index in [0.717, 1.165) is 5.56 Å². The first-order chi connectivity index (χ1) is 7.22. The van der Waals surface area contributed by atoms with E-state index in [1.807, 2.05) is 12.2 Å². The molecular weight excluding hydrogens is 194 g/mol. The number of nitrogens with zero attached hydrogens (tertiary/aromatic N) is 2. The zero-order valence-electron chi connectivity index (χ0n) is 8.73. The molecule has 1 N–H and O–H groups in total. The number of methoxy groups -OCH3 is 1. The van der Waals surface area contributed by atoms with Gasteiger partial charge in [0.05, 0.1) is 7.11 Å². The molecule has 15 heavy (non-hydrogen) atoms. The maximum absolute atomic E-state index is 10.6. The minimum atomic E-state index is -0.0503. The van der Waals surface area contributed by atoms with E-state index in [1.165, 1.54) is 14.0 Å². The summed E-state index contributed by atoms with van der Waals surface area (Å²) >= 11 is 0. The molecular formula is C10H13N3O2. The van der Waals surface area contributed by atoms with Gasteiger partial charge in [-0.3, -0.25) is 4.79 Å². The van der Waals surface area contributed by atoms with Crippen molar-refractivity contribution in [3.05, 3.63) is 24.0 Å². The number of hydrogen-bond acceptors (Lipinski definition) is 4. The second kappa shape index (κ2) is 5.74. The summed E-state index contributed by atoms with van der Waals surface area (Å²) in [6, 6.07) is 0.342. The molecule has 80 valence electrons. The van der Waals surface area contributed by atoms with Crippen molar-refractivity contribution in [2.24, 2.45) is 0 Å². The van der Waals surface area contributed by atoms with Crippen molar-refractivity contribution in [1.29, 1.82) is 0 Å². The summed E-state index contributed by atoms with van der Waals surface area (Å²) < 4.78 is 4.82. The number of rotatable bonds is 4. The van der Waals surface area contributed by atoms with Gasteiger partial charge in [-0.25, -0.2) is 9.97 Å². The topological polar surface area (TPSA) is 64.1 Å². The number of ether oxygens (including phenoxy) is 1. The van der Waals surface area contributed by atoms with Crippen LogP contribution < -0.4 is 10.1 Å². The van der Waals surface area contributed by atoms with Crippen LogP contribution in [0.4, 0.5) is 0 Å². The summed E-state index contributed by atoms with van der Waals surface area (Å²) in [7, 11) is 1.52. The standard InChI is InChI=1S/C10H13N3O2/c1-8(14)11-5-3-4-9-6-12-10(15-2)13-7-9/h3-4,6-7H,5H2,1-2H3,(H,11,14). The normalized spacial score (nSPS) is 10.3. The summed E-state index contributed by atoms with van der Waals surface area (Å²) in [6.45, 7) is 1.98. The van der Waals surface area contributed by atoms with Gasteiger partial charge in [0.1, 0.15) is 0 Å². The van der Waals surface area contributed by atoms with E-state index >= 15 is 0 Å². The Morgan fingerprint density at radius 1 is 1.53 bits per heavy atom. The molecule has 1 rings (SSSR count). The van der Waals surface area contributed by atoms with E-state index in [9.17, 15) is 4.79 Å². The lowest BCUT2D eigenvalue weighted by molar-refractivity contribution is -0.118. The second-order valence-electron chi connectivity index (χ2n) is 2.84. The third-order valence-electron chi connectivity index (χ3n) is 1.61. The van der Waals surface area contributed by atoms with Crippen molar-refractivity contribution in [1.82, 2.24) is 15.3 Å². The van der Waals surface area contributed by atoms with Crippen LogP contribution in [0.25, 0.3) is 6.08 Å². The van der Waals surface area contributed by atoms with E-state index in [4.69, 9.17) is 4.74 Å². The third kappa shape index (κ3) is 4.21. The lowest BCUT2D eigenvalue weighted by atomic mass is 10.3. The average Bonchev–Trinajstić information content (AvgIpc) is 2.25. The summed E-state index contributed by atoms with van der Waals surface area (Å²) in [6.07, 6.45) is 6.95. The highest BCUT2D eigenvalue weighted by Gasteiger charge is 1.92. The predicted molar refractivity (Wildman–Crippen MR) is 56.3 cm³/mol. The average molecular weight is 207 g/mol. The molecule has 1 aromatic heterocycles. The SMILES string of the molecule is COc1ncc(C=CCNC(C)=O)cn1. The van der Waals surface area contributed by atoms with Crippen LogP contribution in [-0.4, -0.2) is 29.5 Å². The molecule has 5 nitrogen and oxygen atoms in total. The van der Waals surface area contributed by atoms with Gasteiger partial charge in [0.15, 0.2) is 0 Å². The molecule has 0 saturated heterocycles. The highest BCUT2D eigenvalue weighted by atomic mass is 16.5. The van der Waals surface area contributed by atoms with E-state index in [-0.39, 0.29) is 5.91 Å². The van der Waals surface area contributed by atoms with Crippen molar-refractivity contribution >= 4 is 12.0 Å². The second-order valence-corrected chi connectivity index (χ2v) is 2.84. The van der Waals surface area contributed by atoms with E-state index in [0.29, 0.717) is 12.6 Å². The zero-order valence-corrected chi connectivity index (χ0v) is 8.73. The van der Waals surface area contributed by atoms with Gasteiger partial charge < -0.3 is 10.1 Å². The smallest absolute Gasteiger partial charge is 0.316 e. The van der Waals surface area contributed by atoms with Crippen LogP contribution in [0.1, 0.15) is 12.5 Å². The summed E-state index contributed by atoms with van der Waals surface area (Å²) in [4.78, 5) is 18.4.